The molecule has 180 valence electrons. The van der Waals surface area contributed by atoms with Crippen molar-refractivity contribution in [3.63, 3.8) is 0 Å². The lowest BCUT2D eigenvalue weighted by atomic mass is 10.2. The summed E-state index contributed by atoms with van der Waals surface area (Å²) in [4.78, 5) is 12.8. The van der Waals surface area contributed by atoms with Crippen molar-refractivity contribution in [2.24, 2.45) is 0 Å². The summed E-state index contributed by atoms with van der Waals surface area (Å²) in [5, 5.41) is 7.10. The van der Waals surface area contributed by atoms with Gasteiger partial charge in [-0.05, 0) is 54.8 Å². The molecule has 1 heterocycles. The van der Waals surface area contributed by atoms with Crippen LogP contribution in [0.5, 0.6) is 0 Å². The second-order valence-corrected chi connectivity index (χ2v) is 10.1. The SMILES string of the molecule is Cc1cnn(CCCNC(=O)c2cccc(S(=O)(=O)N(Cc3ccccc3)c3ccccc3)c2)c1. The first-order valence-corrected chi connectivity index (χ1v) is 12.9. The number of nitrogens with zero attached hydrogens (tertiary/aromatic N) is 3. The highest BCUT2D eigenvalue weighted by molar-refractivity contribution is 7.92. The van der Waals surface area contributed by atoms with E-state index in [9.17, 15) is 13.2 Å². The molecule has 0 radical (unpaired) electrons. The predicted molar refractivity (Wildman–Crippen MR) is 137 cm³/mol. The fraction of sp³-hybridized carbons (Fsp3) is 0.185. The number of benzene rings is 3. The van der Waals surface area contributed by atoms with Gasteiger partial charge in [-0.15, -0.1) is 0 Å². The van der Waals surface area contributed by atoms with E-state index in [1.165, 1.54) is 16.4 Å². The van der Waals surface area contributed by atoms with Gasteiger partial charge >= 0.3 is 0 Å². The molecule has 1 N–H and O–H groups in total. The van der Waals surface area contributed by atoms with Crippen molar-refractivity contribution >= 4 is 21.6 Å². The summed E-state index contributed by atoms with van der Waals surface area (Å²) in [5.74, 6) is -0.312. The first kappa shape index (κ1) is 24.2. The van der Waals surface area contributed by atoms with Crippen LogP contribution in [0.1, 0.15) is 27.9 Å². The Hall–Kier alpha value is -3.91. The molecule has 0 spiro atoms. The van der Waals surface area contributed by atoms with Crippen LogP contribution in [0.3, 0.4) is 0 Å². The molecule has 0 atom stereocenters. The Bertz CT molecular complexity index is 1370. The van der Waals surface area contributed by atoms with E-state index in [0.29, 0.717) is 30.8 Å². The number of rotatable bonds is 10. The van der Waals surface area contributed by atoms with Crippen molar-refractivity contribution in [2.45, 2.75) is 31.3 Å². The van der Waals surface area contributed by atoms with E-state index in [1.54, 1.807) is 42.6 Å². The maximum atomic E-state index is 13.7. The van der Waals surface area contributed by atoms with Gasteiger partial charge in [-0.25, -0.2) is 8.42 Å². The van der Waals surface area contributed by atoms with Crippen molar-refractivity contribution in [1.29, 1.82) is 0 Å². The zero-order valence-electron chi connectivity index (χ0n) is 19.5. The van der Waals surface area contributed by atoms with Crippen molar-refractivity contribution in [2.75, 3.05) is 10.8 Å². The van der Waals surface area contributed by atoms with Gasteiger partial charge in [0.15, 0.2) is 0 Å². The van der Waals surface area contributed by atoms with Crippen LogP contribution >= 0.6 is 0 Å². The molecule has 0 saturated heterocycles. The summed E-state index contributed by atoms with van der Waals surface area (Å²) in [6, 6.07) is 24.6. The summed E-state index contributed by atoms with van der Waals surface area (Å²) in [6.07, 6.45) is 4.45. The van der Waals surface area contributed by atoms with Gasteiger partial charge in [0.25, 0.3) is 15.9 Å². The van der Waals surface area contributed by atoms with Gasteiger partial charge in [0.05, 0.1) is 23.3 Å². The molecular formula is C27H28N4O3S. The highest BCUT2D eigenvalue weighted by Gasteiger charge is 2.26. The van der Waals surface area contributed by atoms with E-state index in [1.807, 2.05) is 54.2 Å². The molecule has 35 heavy (non-hydrogen) atoms. The van der Waals surface area contributed by atoms with Crippen molar-refractivity contribution in [3.05, 3.63) is 114 Å². The zero-order chi connectivity index (χ0) is 24.7. The van der Waals surface area contributed by atoms with Crippen LogP contribution in [0.15, 0.2) is 102 Å². The molecule has 0 unspecified atom stereocenters. The van der Waals surface area contributed by atoms with Crippen LogP contribution in [0, 0.1) is 6.92 Å². The highest BCUT2D eigenvalue weighted by atomic mass is 32.2. The topological polar surface area (TPSA) is 84.3 Å². The predicted octanol–water partition coefficient (Wildman–Crippen LogP) is 4.41. The molecule has 0 aliphatic rings. The van der Waals surface area contributed by atoms with E-state index in [-0.39, 0.29) is 17.3 Å². The molecular weight excluding hydrogens is 460 g/mol. The fourth-order valence-electron chi connectivity index (χ4n) is 3.72. The summed E-state index contributed by atoms with van der Waals surface area (Å²) in [7, 11) is -3.93. The highest BCUT2D eigenvalue weighted by Crippen LogP contribution is 2.26. The molecule has 7 nitrogen and oxygen atoms in total. The minimum Gasteiger partial charge on any atom is -0.352 e. The lowest BCUT2D eigenvalue weighted by molar-refractivity contribution is 0.0952. The molecule has 4 rings (SSSR count). The van der Waals surface area contributed by atoms with Gasteiger partial charge in [0.2, 0.25) is 0 Å². The number of nitrogens with one attached hydrogen (secondary N) is 1. The lowest BCUT2D eigenvalue weighted by Crippen LogP contribution is -2.31. The van der Waals surface area contributed by atoms with E-state index in [4.69, 9.17) is 0 Å². The van der Waals surface area contributed by atoms with Crippen molar-refractivity contribution in [1.82, 2.24) is 15.1 Å². The number of carbonyl (C=O) groups excluding carboxylic acids is 1. The van der Waals surface area contributed by atoms with Crippen molar-refractivity contribution < 1.29 is 13.2 Å². The number of hydrogen-bond acceptors (Lipinski definition) is 4. The van der Waals surface area contributed by atoms with Gasteiger partial charge in [-0.2, -0.15) is 5.10 Å². The third-order valence-electron chi connectivity index (χ3n) is 5.51. The van der Waals surface area contributed by atoms with Crippen LogP contribution in [0.2, 0.25) is 0 Å². The molecule has 0 aliphatic heterocycles. The number of aromatic nitrogens is 2. The molecule has 0 saturated carbocycles. The second-order valence-electron chi connectivity index (χ2n) is 8.25. The van der Waals surface area contributed by atoms with Gasteiger partial charge in [0, 0.05) is 24.8 Å². The molecule has 1 amide bonds. The standard InChI is InChI=1S/C27H28N4O3S/c1-22-19-29-30(20-22)17-9-16-28-27(32)24-12-8-15-26(18-24)35(33,34)31(25-13-6-3-7-14-25)21-23-10-4-2-5-11-23/h2-8,10-15,18-20H,9,16-17,21H2,1H3,(H,28,32). The maximum absolute atomic E-state index is 13.7. The Labute approximate surface area is 206 Å². The zero-order valence-corrected chi connectivity index (χ0v) is 20.4. The monoisotopic (exact) mass is 488 g/mol. The third-order valence-corrected chi connectivity index (χ3v) is 7.28. The van der Waals surface area contributed by atoms with Crippen LogP contribution in [-0.4, -0.2) is 30.7 Å². The van der Waals surface area contributed by atoms with Gasteiger partial charge < -0.3 is 5.32 Å². The van der Waals surface area contributed by atoms with Gasteiger partial charge in [-0.1, -0.05) is 54.6 Å². The minimum atomic E-state index is -3.93. The Balaban J connectivity index is 1.50. The molecule has 0 aliphatic carbocycles. The summed E-state index contributed by atoms with van der Waals surface area (Å²) < 4.78 is 30.6. The number of carbonyl (C=O) groups is 1. The molecule has 0 bridgehead atoms. The Morgan fingerprint density at radius 1 is 0.971 bits per heavy atom. The Morgan fingerprint density at radius 3 is 2.37 bits per heavy atom. The molecule has 4 aromatic rings. The first-order valence-electron chi connectivity index (χ1n) is 11.4. The molecule has 0 fully saturated rings. The number of amides is 1. The summed E-state index contributed by atoms with van der Waals surface area (Å²) in [6.45, 7) is 3.30. The summed E-state index contributed by atoms with van der Waals surface area (Å²) in [5.41, 5.74) is 2.80. The van der Waals surface area contributed by atoms with Crippen LogP contribution in [-0.2, 0) is 23.1 Å². The number of para-hydroxylation sites is 1. The van der Waals surface area contributed by atoms with E-state index in [0.717, 1.165) is 11.1 Å². The Morgan fingerprint density at radius 2 is 1.69 bits per heavy atom. The molecule has 1 aromatic heterocycles. The van der Waals surface area contributed by atoms with Crippen molar-refractivity contribution in [3.8, 4) is 0 Å². The fourth-order valence-corrected chi connectivity index (χ4v) is 5.22. The number of sulfonamides is 1. The smallest absolute Gasteiger partial charge is 0.264 e. The van der Waals surface area contributed by atoms with E-state index >= 15 is 0 Å². The summed E-state index contributed by atoms with van der Waals surface area (Å²) >= 11 is 0. The van der Waals surface area contributed by atoms with Crippen LogP contribution < -0.4 is 9.62 Å². The maximum Gasteiger partial charge on any atom is 0.264 e. The molecule has 8 heteroatoms. The van der Waals surface area contributed by atoms with Gasteiger partial charge in [0.1, 0.15) is 0 Å². The Kier molecular flexibility index (Phi) is 7.62. The number of hydrogen-bond donors (Lipinski definition) is 1. The molecule has 3 aromatic carbocycles. The average Bonchev–Trinajstić information content (AvgIpc) is 3.31. The number of anilines is 1. The third kappa shape index (κ3) is 6.16. The minimum absolute atomic E-state index is 0.0666. The average molecular weight is 489 g/mol. The quantitative estimate of drug-likeness (QED) is 0.335. The normalized spacial score (nSPS) is 11.2. The number of aryl methyl sites for hydroxylation is 2. The largest absolute Gasteiger partial charge is 0.352 e. The second kappa shape index (κ2) is 11.0. The van der Waals surface area contributed by atoms with Crippen LogP contribution in [0.25, 0.3) is 0 Å². The lowest BCUT2D eigenvalue weighted by Gasteiger charge is -2.25. The van der Waals surface area contributed by atoms with E-state index in [2.05, 4.69) is 10.4 Å². The van der Waals surface area contributed by atoms with Crippen LogP contribution in [0.4, 0.5) is 5.69 Å². The van der Waals surface area contributed by atoms with Gasteiger partial charge in [-0.3, -0.25) is 13.8 Å². The van der Waals surface area contributed by atoms with E-state index < -0.39 is 10.0 Å². The first-order chi connectivity index (χ1) is 16.9.